The highest BCUT2D eigenvalue weighted by molar-refractivity contribution is 5.77. The lowest BCUT2D eigenvalue weighted by Gasteiger charge is -2.17. The Morgan fingerprint density at radius 3 is 2.28 bits per heavy atom. The molecule has 0 radical (unpaired) electrons. The minimum atomic E-state index is -4.60. The molecular weight excluding hydrogens is 447 g/mol. The second kappa shape index (κ2) is 8.16. The van der Waals surface area contributed by atoms with E-state index in [4.69, 9.17) is 0 Å². The van der Waals surface area contributed by atoms with Crippen LogP contribution in [0.3, 0.4) is 0 Å². The van der Waals surface area contributed by atoms with E-state index in [2.05, 4.69) is 4.98 Å². The number of para-hydroxylation sites is 2. The molecule has 2 aromatic heterocycles. The van der Waals surface area contributed by atoms with E-state index >= 15 is 0 Å². The van der Waals surface area contributed by atoms with Gasteiger partial charge in [0.05, 0.1) is 22.2 Å². The van der Waals surface area contributed by atoms with E-state index in [1.807, 2.05) is 6.07 Å². The molecule has 0 aliphatic carbocycles. The van der Waals surface area contributed by atoms with E-state index in [1.165, 1.54) is 18.2 Å². The molecule has 0 bridgehead atoms. The molecule has 0 fully saturated rings. The molecule has 0 spiro atoms. The first-order valence-electron chi connectivity index (χ1n) is 8.56. The predicted molar refractivity (Wildman–Crippen MR) is 98.1 cm³/mol. The van der Waals surface area contributed by atoms with Crippen molar-refractivity contribution in [1.82, 2.24) is 9.55 Å². The number of aromatic nitrogens is 3. The van der Waals surface area contributed by atoms with Crippen LogP contribution in [-0.2, 0) is 12.7 Å². The zero-order valence-electron chi connectivity index (χ0n) is 15.0. The SMILES string of the molecule is O=c1c2ccccc2nc(C[n+]2ccccc2)n1-c1ccccc1C(F)(F)F.[Br-]. The number of hydrogen-bond donors (Lipinski definition) is 0. The summed E-state index contributed by atoms with van der Waals surface area (Å²) in [7, 11) is 0. The van der Waals surface area contributed by atoms with Gasteiger partial charge in [-0.05, 0) is 24.3 Å². The highest BCUT2D eigenvalue weighted by atomic mass is 79.9. The summed E-state index contributed by atoms with van der Waals surface area (Å²) in [6.45, 7) is 0.146. The van der Waals surface area contributed by atoms with Gasteiger partial charge in [0.25, 0.3) is 5.56 Å². The molecule has 4 rings (SSSR count). The molecule has 0 aliphatic heterocycles. The van der Waals surface area contributed by atoms with Gasteiger partial charge in [-0.2, -0.15) is 17.7 Å². The third-order valence-electron chi connectivity index (χ3n) is 4.40. The van der Waals surface area contributed by atoms with Gasteiger partial charge < -0.3 is 17.0 Å². The number of alkyl halides is 3. The predicted octanol–water partition coefficient (Wildman–Crippen LogP) is 0.744. The van der Waals surface area contributed by atoms with Crippen molar-refractivity contribution in [2.45, 2.75) is 12.7 Å². The summed E-state index contributed by atoms with van der Waals surface area (Å²) < 4.78 is 43.6. The molecule has 4 aromatic rings. The molecule has 0 saturated heterocycles. The van der Waals surface area contributed by atoms with Crippen molar-refractivity contribution < 1.29 is 34.7 Å². The Bertz CT molecular complexity index is 1210. The highest BCUT2D eigenvalue weighted by Gasteiger charge is 2.34. The molecule has 0 saturated carbocycles. The molecule has 0 atom stereocenters. The summed E-state index contributed by atoms with van der Waals surface area (Å²) in [5.41, 5.74) is -1.20. The van der Waals surface area contributed by atoms with Crippen LogP contribution in [0, 0.1) is 0 Å². The van der Waals surface area contributed by atoms with Gasteiger partial charge in [0.2, 0.25) is 6.54 Å². The monoisotopic (exact) mass is 461 g/mol. The number of nitrogens with zero attached hydrogens (tertiary/aromatic N) is 3. The van der Waals surface area contributed by atoms with E-state index in [0.717, 1.165) is 10.6 Å². The van der Waals surface area contributed by atoms with Gasteiger partial charge in [0.15, 0.2) is 18.2 Å². The van der Waals surface area contributed by atoms with Crippen molar-refractivity contribution in [3.63, 3.8) is 0 Å². The van der Waals surface area contributed by atoms with Crippen LogP contribution in [0.1, 0.15) is 11.4 Å². The number of hydrogen-bond acceptors (Lipinski definition) is 2. The van der Waals surface area contributed by atoms with E-state index < -0.39 is 17.3 Å². The Kier molecular flexibility index (Phi) is 5.83. The maximum atomic E-state index is 13.6. The molecule has 4 nitrogen and oxygen atoms in total. The van der Waals surface area contributed by atoms with Crippen molar-refractivity contribution in [2.24, 2.45) is 0 Å². The largest absolute Gasteiger partial charge is 1.00 e. The fourth-order valence-electron chi connectivity index (χ4n) is 3.14. The minimum absolute atomic E-state index is 0. The average molecular weight is 462 g/mol. The molecule has 2 aromatic carbocycles. The zero-order valence-corrected chi connectivity index (χ0v) is 16.6. The Morgan fingerprint density at radius 2 is 1.55 bits per heavy atom. The molecule has 148 valence electrons. The fourth-order valence-corrected chi connectivity index (χ4v) is 3.14. The van der Waals surface area contributed by atoms with Crippen LogP contribution in [0.25, 0.3) is 16.6 Å². The standard InChI is InChI=1S/C21H15F3N3O.BrH/c22-21(23,24)16-9-3-5-11-18(16)27-19(14-26-12-6-1-7-13-26)25-17-10-4-2-8-15(17)20(27)28;/h1-13H,14H2;1H/q+1;/p-1. The molecular formula is C21H15BrF3N3O. The van der Waals surface area contributed by atoms with Crippen LogP contribution in [0.5, 0.6) is 0 Å². The van der Waals surface area contributed by atoms with Crippen LogP contribution >= 0.6 is 0 Å². The lowest BCUT2D eigenvalue weighted by Crippen LogP contribution is -3.00. The van der Waals surface area contributed by atoms with Crippen LogP contribution in [-0.4, -0.2) is 9.55 Å². The Labute approximate surface area is 174 Å². The van der Waals surface area contributed by atoms with E-state index in [1.54, 1.807) is 53.4 Å². The van der Waals surface area contributed by atoms with E-state index in [0.29, 0.717) is 5.52 Å². The number of benzene rings is 2. The number of halogens is 4. The summed E-state index contributed by atoms with van der Waals surface area (Å²) in [5, 5.41) is 0.265. The number of rotatable bonds is 3. The Balaban J connectivity index is 0.00000240. The summed E-state index contributed by atoms with van der Waals surface area (Å²) in [4.78, 5) is 17.7. The smallest absolute Gasteiger partial charge is 0.418 e. The van der Waals surface area contributed by atoms with E-state index in [-0.39, 0.29) is 40.4 Å². The van der Waals surface area contributed by atoms with Gasteiger partial charge in [-0.25, -0.2) is 4.98 Å². The minimum Gasteiger partial charge on any atom is -1.00 e. The van der Waals surface area contributed by atoms with Crippen LogP contribution in [0.2, 0.25) is 0 Å². The summed E-state index contributed by atoms with van der Waals surface area (Å²) in [6, 6.07) is 17.1. The van der Waals surface area contributed by atoms with Gasteiger partial charge in [-0.1, -0.05) is 30.3 Å². The lowest BCUT2D eigenvalue weighted by molar-refractivity contribution is -0.689. The lowest BCUT2D eigenvalue weighted by atomic mass is 10.1. The topological polar surface area (TPSA) is 38.8 Å². The van der Waals surface area contributed by atoms with Crippen molar-refractivity contribution in [3.05, 3.63) is 101 Å². The van der Waals surface area contributed by atoms with Gasteiger partial charge in [0, 0.05) is 12.1 Å². The highest BCUT2D eigenvalue weighted by Crippen LogP contribution is 2.33. The van der Waals surface area contributed by atoms with E-state index in [9.17, 15) is 18.0 Å². The molecule has 2 heterocycles. The molecule has 8 heteroatoms. The number of pyridine rings is 1. The van der Waals surface area contributed by atoms with Crippen molar-refractivity contribution >= 4 is 10.9 Å². The van der Waals surface area contributed by atoms with Gasteiger partial charge >= 0.3 is 6.18 Å². The zero-order chi connectivity index (χ0) is 19.7. The number of fused-ring (bicyclic) bond motifs is 1. The van der Waals surface area contributed by atoms with Crippen molar-refractivity contribution in [1.29, 1.82) is 0 Å². The van der Waals surface area contributed by atoms with Crippen molar-refractivity contribution in [3.8, 4) is 5.69 Å². The van der Waals surface area contributed by atoms with Crippen LogP contribution in [0.15, 0.2) is 83.9 Å². The first-order chi connectivity index (χ1) is 13.4. The van der Waals surface area contributed by atoms with Crippen LogP contribution in [0.4, 0.5) is 13.2 Å². The first-order valence-corrected chi connectivity index (χ1v) is 8.56. The van der Waals surface area contributed by atoms with Crippen molar-refractivity contribution in [2.75, 3.05) is 0 Å². The summed E-state index contributed by atoms with van der Waals surface area (Å²) in [5.74, 6) is 0.219. The average Bonchev–Trinajstić information content (AvgIpc) is 2.68. The summed E-state index contributed by atoms with van der Waals surface area (Å²) >= 11 is 0. The molecule has 0 amide bonds. The summed E-state index contributed by atoms with van der Waals surface area (Å²) in [6.07, 6.45) is -1.07. The maximum absolute atomic E-state index is 13.6. The van der Waals surface area contributed by atoms with Gasteiger partial charge in [0.1, 0.15) is 0 Å². The third-order valence-corrected chi connectivity index (χ3v) is 4.40. The fraction of sp³-hybridized carbons (Fsp3) is 0.0952. The quantitative estimate of drug-likeness (QED) is 0.422. The maximum Gasteiger partial charge on any atom is 0.418 e. The molecule has 29 heavy (non-hydrogen) atoms. The Hall–Kier alpha value is -3.00. The first kappa shape index (κ1) is 20.7. The molecule has 0 N–H and O–H groups in total. The third kappa shape index (κ3) is 4.07. The van der Waals surface area contributed by atoms with Gasteiger partial charge in [-0.15, -0.1) is 0 Å². The molecule has 0 unspecified atom stereocenters. The second-order valence-corrected chi connectivity index (χ2v) is 6.25. The van der Waals surface area contributed by atoms with Gasteiger partial charge in [-0.3, -0.25) is 9.36 Å². The normalized spacial score (nSPS) is 11.3. The molecule has 0 aliphatic rings. The van der Waals surface area contributed by atoms with Crippen LogP contribution < -0.4 is 27.1 Å². The second-order valence-electron chi connectivity index (χ2n) is 6.25. The Morgan fingerprint density at radius 1 is 0.897 bits per heavy atom.